The zero-order valence-electron chi connectivity index (χ0n) is 13.3. The van der Waals surface area contributed by atoms with Crippen LogP contribution in [0.3, 0.4) is 0 Å². The molecule has 1 unspecified atom stereocenters. The number of aromatic nitrogens is 2. The number of alkyl halides is 2. The van der Waals surface area contributed by atoms with E-state index in [4.69, 9.17) is 4.52 Å². The molecular weight excluding hydrogens is 314 g/mol. The second-order valence-electron chi connectivity index (χ2n) is 6.54. The molecule has 2 aromatic rings. The topological polar surface area (TPSA) is 54.2 Å². The Kier molecular flexibility index (Phi) is 3.96. The number of nitrogens with zero attached hydrogens (tertiary/aromatic N) is 3. The van der Waals surface area contributed by atoms with Gasteiger partial charge in [-0.15, -0.1) is 0 Å². The van der Waals surface area contributed by atoms with Crippen LogP contribution in [-0.2, 0) is 0 Å². The SMILES string of the molecule is FC1(F)CNC(c2nc(-c3ccc(N4CCCCC4)cc3)no2)C1. The summed E-state index contributed by atoms with van der Waals surface area (Å²) in [7, 11) is 0. The lowest BCUT2D eigenvalue weighted by Crippen LogP contribution is -2.29. The Hall–Kier alpha value is -2.02. The Morgan fingerprint density at radius 2 is 1.88 bits per heavy atom. The van der Waals surface area contributed by atoms with Crippen LogP contribution in [0, 0.1) is 0 Å². The summed E-state index contributed by atoms with van der Waals surface area (Å²) in [5, 5.41) is 6.66. The summed E-state index contributed by atoms with van der Waals surface area (Å²) in [6.07, 6.45) is 3.46. The molecule has 1 atom stereocenters. The van der Waals surface area contributed by atoms with E-state index in [1.165, 1.54) is 24.9 Å². The maximum Gasteiger partial charge on any atom is 0.262 e. The molecule has 0 spiro atoms. The first-order valence-electron chi connectivity index (χ1n) is 8.41. The molecule has 24 heavy (non-hydrogen) atoms. The van der Waals surface area contributed by atoms with Crippen LogP contribution in [0.1, 0.15) is 37.6 Å². The van der Waals surface area contributed by atoms with Gasteiger partial charge in [0.1, 0.15) is 0 Å². The number of rotatable bonds is 3. The quantitative estimate of drug-likeness (QED) is 0.932. The van der Waals surface area contributed by atoms with E-state index in [1.807, 2.05) is 12.1 Å². The molecule has 2 aliphatic heterocycles. The molecule has 5 nitrogen and oxygen atoms in total. The van der Waals surface area contributed by atoms with Gasteiger partial charge in [-0.25, -0.2) is 8.78 Å². The van der Waals surface area contributed by atoms with E-state index in [1.54, 1.807) is 0 Å². The van der Waals surface area contributed by atoms with Crippen LogP contribution in [0.4, 0.5) is 14.5 Å². The summed E-state index contributed by atoms with van der Waals surface area (Å²) in [6, 6.07) is 7.44. The van der Waals surface area contributed by atoms with Crippen molar-refractivity contribution in [2.75, 3.05) is 24.5 Å². The minimum atomic E-state index is -2.71. The van der Waals surface area contributed by atoms with E-state index in [9.17, 15) is 8.78 Å². The summed E-state index contributed by atoms with van der Waals surface area (Å²) in [6.45, 7) is 1.83. The highest BCUT2D eigenvalue weighted by Gasteiger charge is 2.42. The van der Waals surface area contributed by atoms with E-state index in [0.29, 0.717) is 5.82 Å². The zero-order valence-corrected chi connectivity index (χ0v) is 13.3. The van der Waals surface area contributed by atoms with Crippen molar-refractivity contribution in [2.24, 2.45) is 0 Å². The average molecular weight is 334 g/mol. The van der Waals surface area contributed by atoms with Crippen molar-refractivity contribution in [3.63, 3.8) is 0 Å². The van der Waals surface area contributed by atoms with Crippen molar-refractivity contribution in [3.05, 3.63) is 30.2 Å². The smallest absolute Gasteiger partial charge is 0.262 e. The Labute approximate surface area is 139 Å². The highest BCUT2D eigenvalue weighted by Crippen LogP contribution is 2.34. The molecule has 1 N–H and O–H groups in total. The third-order valence-electron chi connectivity index (χ3n) is 4.70. The van der Waals surface area contributed by atoms with Gasteiger partial charge in [0.05, 0.1) is 12.6 Å². The molecule has 7 heteroatoms. The summed E-state index contributed by atoms with van der Waals surface area (Å²) in [5.41, 5.74) is 2.02. The lowest BCUT2D eigenvalue weighted by Gasteiger charge is -2.28. The molecule has 2 aliphatic rings. The van der Waals surface area contributed by atoms with Crippen molar-refractivity contribution < 1.29 is 13.3 Å². The van der Waals surface area contributed by atoms with Gasteiger partial charge in [-0.1, -0.05) is 5.16 Å². The summed E-state index contributed by atoms with van der Waals surface area (Å²) in [5.74, 6) is -2.05. The lowest BCUT2D eigenvalue weighted by atomic mass is 10.1. The van der Waals surface area contributed by atoms with Crippen molar-refractivity contribution >= 4 is 5.69 Å². The molecule has 1 aromatic carbocycles. The molecule has 1 aromatic heterocycles. The average Bonchev–Trinajstić information content (AvgIpc) is 3.22. The third-order valence-corrected chi connectivity index (χ3v) is 4.70. The van der Waals surface area contributed by atoms with Crippen molar-refractivity contribution in [2.45, 2.75) is 37.6 Å². The first-order chi connectivity index (χ1) is 11.6. The molecule has 128 valence electrons. The number of benzene rings is 1. The lowest BCUT2D eigenvalue weighted by molar-refractivity contribution is 0.0200. The maximum atomic E-state index is 13.3. The van der Waals surface area contributed by atoms with Gasteiger partial charge in [-0.2, -0.15) is 4.98 Å². The van der Waals surface area contributed by atoms with Gasteiger partial charge in [-0.05, 0) is 43.5 Å². The Bertz CT molecular complexity index is 695. The van der Waals surface area contributed by atoms with E-state index in [0.717, 1.165) is 18.7 Å². The van der Waals surface area contributed by atoms with Gasteiger partial charge >= 0.3 is 0 Å². The van der Waals surface area contributed by atoms with E-state index in [2.05, 4.69) is 32.5 Å². The number of nitrogens with one attached hydrogen (secondary N) is 1. The Morgan fingerprint density at radius 1 is 1.12 bits per heavy atom. The van der Waals surface area contributed by atoms with E-state index in [-0.39, 0.29) is 18.9 Å². The summed E-state index contributed by atoms with van der Waals surface area (Å²) >= 11 is 0. The Balaban J connectivity index is 1.48. The monoisotopic (exact) mass is 334 g/mol. The fourth-order valence-corrected chi connectivity index (χ4v) is 3.36. The molecule has 3 heterocycles. The molecule has 0 aliphatic carbocycles. The van der Waals surface area contributed by atoms with Crippen LogP contribution < -0.4 is 10.2 Å². The predicted molar refractivity (Wildman–Crippen MR) is 86.1 cm³/mol. The minimum absolute atomic E-state index is 0.224. The molecule has 0 amide bonds. The number of halogens is 2. The maximum absolute atomic E-state index is 13.3. The number of hydrogen-bond acceptors (Lipinski definition) is 5. The van der Waals surface area contributed by atoms with Crippen LogP contribution in [0.5, 0.6) is 0 Å². The van der Waals surface area contributed by atoms with Crippen LogP contribution in [0.25, 0.3) is 11.4 Å². The van der Waals surface area contributed by atoms with E-state index < -0.39 is 12.0 Å². The predicted octanol–water partition coefficient (Wildman–Crippen LogP) is 3.40. The molecule has 0 saturated carbocycles. The fourth-order valence-electron chi connectivity index (χ4n) is 3.36. The molecule has 4 rings (SSSR count). The summed E-state index contributed by atoms with van der Waals surface area (Å²) in [4.78, 5) is 6.66. The van der Waals surface area contributed by atoms with Crippen molar-refractivity contribution in [3.8, 4) is 11.4 Å². The van der Waals surface area contributed by atoms with Gasteiger partial charge < -0.3 is 9.42 Å². The highest BCUT2D eigenvalue weighted by atomic mass is 19.3. The standard InChI is InChI=1S/C17H20F2N4O/c18-17(19)10-14(20-11-17)16-21-15(22-24-16)12-4-6-13(7-5-12)23-8-2-1-3-9-23/h4-7,14,20H,1-3,8-11H2. The van der Waals surface area contributed by atoms with Crippen LogP contribution >= 0.6 is 0 Å². The highest BCUT2D eigenvalue weighted by molar-refractivity contribution is 5.60. The molecular formula is C17H20F2N4O. The second kappa shape index (κ2) is 6.12. The number of anilines is 1. The van der Waals surface area contributed by atoms with Crippen LogP contribution in [0.2, 0.25) is 0 Å². The van der Waals surface area contributed by atoms with Gasteiger partial charge in [0.25, 0.3) is 5.92 Å². The second-order valence-corrected chi connectivity index (χ2v) is 6.54. The molecule has 2 saturated heterocycles. The first-order valence-corrected chi connectivity index (χ1v) is 8.41. The molecule has 0 radical (unpaired) electrons. The largest absolute Gasteiger partial charge is 0.372 e. The normalized spacial score (nSPS) is 23.6. The fraction of sp³-hybridized carbons (Fsp3) is 0.529. The summed E-state index contributed by atoms with van der Waals surface area (Å²) < 4.78 is 31.7. The molecule has 2 fully saturated rings. The third kappa shape index (κ3) is 3.13. The molecule has 0 bridgehead atoms. The Morgan fingerprint density at radius 3 is 2.54 bits per heavy atom. The van der Waals surface area contributed by atoms with Gasteiger partial charge in [0.15, 0.2) is 0 Å². The van der Waals surface area contributed by atoms with Crippen LogP contribution in [0.15, 0.2) is 28.8 Å². The van der Waals surface area contributed by atoms with Gasteiger partial charge in [0.2, 0.25) is 11.7 Å². The minimum Gasteiger partial charge on any atom is -0.372 e. The van der Waals surface area contributed by atoms with Crippen molar-refractivity contribution in [1.82, 2.24) is 15.5 Å². The zero-order chi connectivity index (χ0) is 16.6. The number of hydrogen-bond donors (Lipinski definition) is 1. The first kappa shape index (κ1) is 15.5. The van der Waals surface area contributed by atoms with Gasteiger partial charge in [-0.3, -0.25) is 5.32 Å². The van der Waals surface area contributed by atoms with Gasteiger partial charge in [0, 0.05) is 30.8 Å². The number of piperidine rings is 1. The van der Waals surface area contributed by atoms with Crippen LogP contribution in [-0.4, -0.2) is 35.7 Å². The van der Waals surface area contributed by atoms with Crippen molar-refractivity contribution in [1.29, 1.82) is 0 Å². The van der Waals surface area contributed by atoms with E-state index >= 15 is 0 Å².